The highest BCUT2D eigenvalue weighted by Crippen LogP contribution is 2.28. The van der Waals surface area contributed by atoms with Crippen LogP contribution in [0.1, 0.15) is 23.3 Å². The Kier molecular flexibility index (Phi) is 5.57. The van der Waals surface area contributed by atoms with Gasteiger partial charge in [0.1, 0.15) is 6.04 Å². The summed E-state index contributed by atoms with van der Waals surface area (Å²) in [5.41, 5.74) is 0.863. The van der Waals surface area contributed by atoms with Gasteiger partial charge in [-0.2, -0.15) is 0 Å². The van der Waals surface area contributed by atoms with Crippen LogP contribution in [0.25, 0.3) is 0 Å². The monoisotopic (exact) mass is 337 g/mol. The molecule has 1 aromatic heterocycles. The van der Waals surface area contributed by atoms with E-state index in [0.29, 0.717) is 4.34 Å². The number of benzene rings is 1. The molecule has 0 saturated carbocycles. The van der Waals surface area contributed by atoms with Crippen molar-refractivity contribution in [2.45, 2.75) is 25.3 Å². The minimum absolute atomic E-state index is 0.250. The molecule has 0 aliphatic rings. The molecule has 116 valence electrons. The van der Waals surface area contributed by atoms with Gasteiger partial charge < -0.3 is 10.4 Å². The molecule has 2 unspecified atom stereocenters. The Bertz CT molecular complexity index is 656. The van der Waals surface area contributed by atoms with Crippen LogP contribution in [0.2, 0.25) is 4.34 Å². The summed E-state index contributed by atoms with van der Waals surface area (Å²) in [6.07, 6.45) is 0.250. The van der Waals surface area contributed by atoms with Gasteiger partial charge in [-0.3, -0.25) is 4.79 Å². The van der Waals surface area contributed by atoms with Gasteiger partial charge in [-0.1, -0.05) is 41.9 Å². The second kappa shape index (κ2) is 7.42. The molecule has 1 heterocycles. The van der Waals surface area contributed by atoms with Crippen LogP contribution < -0.4 is 5.32 Å². The molecule has 0 spiro atoms. The fourth-order valence-electron chi connectivity index (χ4n) is 2.04. The smallest absolute Gasteiger partial charge is 0.326 e. The molecular formula is C16H16ClNO3S. The standard InChI is InChI=1S/C16H16ClNO3S/c1-10(13-7-8-14(17)22-13)15(19)18-12(16(20)21)9-11-5-3-2-4-6-11/h2-8,10,12H,9H2,1H3,(H,18,19)(H,20,21). The average Bonchev–Trinajstić information content (AvgIpc) is 2.93. The van der Waals surface area contributed by atoms with Gasteiger partial charge in [-0.25, -0.2) is 4.79 Å². The van der Waals surface area contributed by atoms with E-state index in [9.17, 15) is 14.7 Å². The molecule has 0 aliphatic heterocycles. The number of nitrogens with one attached hydrogen (secondary N) is 1. The van der Waals surface area contributed by atoms with Crippen LogP contribution in [-0.4, -0.2) is 23.0 Å². The number of hydrogen-bond acceptors (Lipinski definition) is 3. The van der Waals surface area contributed by atoms with Crippen LogP contribution in [0, 0.1) is 0 Å². The van der Waals surface area contributed by atoms with Crippen LogP contribution in [-0.2, 0) is 16.0 Å². The molecule has 1 aromatic carbocycles. The number of thiophene rings is 1. The van der Waals surface area contributed by atoms with Crippen LogP contribution >= 0.6 is 22.9 Å². The topological polar surface area (TPSA) is 66.4 Å². The van der Waals surface area contributed by atoms with Gasteiger partial charge >= 0.3 is 5.97 Å². The Morgan fingerprint density at radius 2 is 1.91 bits per heavy atom. The first-order valence-corrected chi connectivity index (χ1v) is 7.99. The van der Waals surface area contributed by atoms with E-state index in [1.807, 2.05) is 30.3 Å². The quantitative estimate of drug-likeness (QED) is 0.849. The van der Waals surface area contributed by atoms with E-state index in [1.54, 1.807) is 19.1 Å². The molecular weight excluding hydrogens is 322 g/mol. The lowest BCUT2D eigenvalue weighted by Crippen LogP contribution is -2.43. The minimum Gasteiger partial charge on any atom is -0.480 e. The number of carbonyl (C=O) groups excluding carboxylic acids is 1. The Labute approximate surface area is 137 Å². The number of hydrogen-bond donors (Lipinski definition) is 2. The van der Waals surface area contributed by atoms with Crippen LogP contribution in [0.4, 0.5) is 0 Å². The normalized spacial score (nSPS) is 13.4. The molecule has 0 bridgehead atoms. The molecule has 6 heteroatoms. The highest BCUT2D eigenvalue weighted by Gasteiger charge is 2.24. The maximum absolute atomic E-state index is 12.2. The van der Waals surface area contributed by atoms with Gasteiger partial charge in [0.2, 0.25) is 5.91 Å². The maximum Gasteiger partial charge on any atom is 0.326 e. The van der Waals surface area contributed by atoms with Crippen molar-refractivity contribution < 1.29 is 14.7 Å². The van der Waals surface area contributed by atoms with Crippen molar-refractivity contribution in [3.63, 3.8) is 0 Å². The number of rotatable bonds is 6. The lowest BCUT2D eigenvalue weighted by Gasteiger charge is -2.17. The van der Waals surface area contributed by atoms with Gasteiger partial charge in [0.25, 0.3) is 0 Å². The highest BCUT2D eigenvalue weighted by atomic mass is 35.5. The largest absolute Gasteiger partial charge is 0.480 e. The van der Waals surface area contributed by atoms with E-state index in [1.165, 1.54) is 11.3 Å². The molecule has 0 fully saturated rings. The maximum atomic E-state index is 12.2. The first kappa shape index (κ1) is 16.5. The van der Waals surface area contributed by atoms with Crippen LogP contribution in [0.3, 0.4) is 0 Å². The first-order valence-electron chi connectivity index (χ1n) is 6.79. The van der Waals surface area contributed by atoms with E-state index < -0.39 is 17.9 Å². The summed E-state index contributed by atoms with van der Waals surface area (Å²) in [6.45, 7) is 1.74. The third-order valence-electron chi connectivity index (χ3n) is 3.31. The predicted molar refractivity (Wildman–Crippen MR) is 87.5 cm³/mol. The second-order valence-corrected chi connectivity index (χ2v) is 6.70. The molecule has 2 aromatic rings. The Balaban J connectivity index is 2.04. The third-order valence-corrected chi connectivity index (χ3v) is 4.73. The molecule has 0 aliphatic carbocycles. The van der Waals surface area contributed by atoms with E-state index in [4.69, 9.17) is 11.6 Å². The Morgan fingerprint density at radius 3 is 2.45 bits per heavy atom. The SMILES string of the molecule is CC(C(=O)NC(Cc1ccccc1)C(=O)O)c1ccc(Cl)s1. The van der Waals surface area contributed by atoms with Gasteiger partial charge in [-0.05, 0) is 24.6 Å². The van der Waals surface area contributed by atoms with Crippen molar-refractivity contribution in [3.8, 4) is 0 Å². The van der Waals surface area contributed by atoms with Gasteiger partial charge in [0.15, 0.2) is 0 Å². The zero-order valence-electron chi connectivity index (χ0n) is 12.0. The highest BCUT2D eigenvalue weighted by molar-refractivity contribution is 7.16. The number of carbonyl (C=O) groups is 2. The fourth-order valence-corrected chi connectivity index (χ4v) is 3.15. The van der Waals surface area contributed by atoms with Gasteiger partial charge in [0, 0.05) is 11.3 Å². The second-order valence-electron chi connectivity index (χ2n) is 4.95. The average molecular weight is 338 g/mol. The van der Waals surface area contributed by atoms with Crippen molar-refractivity contribution in [1.82, 2.24) is 5.32 Å². The van der Waals surface area contributed by atoms with Gasteiger partial charge in [-0.15, -0.1) is 11.3 Å². The van der Waals surface area contributed by atoms with Crippen LogP contribution in [0.5, 0.6) is 0 Å². The lowest BCUT2D eigenvalue weighted by atomic mass is 10.0. The van der Waals surface area contributed by atoms with E-state index in [0.717, 1.165) is 10.4 Å². The zero-order valence-corrected chi connectivity index (χ0v) is 13.5. The Hall–Kier alpha value is -1.85. The molecule has 2 rings (SSSR count). The number of amides is 1. The summed E-state index contributed by atoms with van der Waals surface area (Å²) < 4.78 is 0.605. The molecule has 0 radical (unpaired) electrons. The summed E-state index contributed by atoms with van der Waals surface area (Å²) in [4.78, 5) is 24.4. The Morgan fingerprint density at radius 1 is 1.23 bits per heavy atom. The lowest BCUT2D eigenvalue weighted by molar-refractivity contribution is -0.141. The molecule has 4 nitrogen and oxygen atoms in total. The molecule has 0 saturated heterocycles. The van der Waals surface area contributed by atoms with Crippen molar-refractivity contribution in [2.75, 3.05) is 0 Å². The summed E-state index contributed by atoms with van der Waals surface area (Å²) in [5, 5.41) is 11.9. The van der Waals surface area contributed by atoms with Crippen molar-refractivity contribution in [3.05, 3.63) is 57.2 Å². The van der Waals surface area contributed by atoms with Crippen molar-refractivity contribution >= 4 is 34.8 Å². The molecule has 22 heavy (non-hydrogen) atoms. The summed E-state index contributed by atoms with van der Waals surface area (Å²) in [5.74, 6) is -1.80. The number of carboxylic acids is 1. The fraction of sp³-hybridized carbons (Fsp3) is 0.250. The number of halogens is 1. The zero-order chi connectivity index (χ0) is 16.1. The van der Waals surface area contributed by atoms with E-state index >= 15 is 0 Å². The first-order chi connectivity index (χ1) is 10.5. The molecule has 1 amide bonds. The minimum atomic E-state index is -1.05. The predicted octanol–water partition coefficient (Wildman–Crippen LogP) is 3.32. The summed E-state index contributed by atoms with van der Waals surface area (Å²) in [6, 6.07) is 11.8. The number of carboxylic acid groups (broad SMARTS) is 1. The summed E-state index contributed by atoms with van der Waals surface area (Å²) in [7, 11) is 0. The van der Waals surface area contributed by atoms with Crippen molar-refractivity contribution in [1.29, 1.82) is 0 Å². The van der Waals surface area contributed by atoms with Gasteiger partial charge in [0.05, 0.1) is 10.3 Å². The third kappa shape index (κ3) is 4.32. The molecule has 2 N–H and O–H groups in total. The van der Waals surface area contributed by atoms with Crippen LogP contribution in [0.15, 0.2) is 42.5 Å². The molecule has 2 atom stereocenters. The van der Waals surface area contributed by atoms with E-state index in [-0.39, 0.29) is 12.3 Å². The number of aliphatic carboxylic acids is 1. The summed E-state index contributed by atoms with van der Waals surface area (Å²) >= 11 is 7.19. The van der Waals surface area contributed by atoms with E-state index in [2.05, 4.69) is 5.32 Å². The van der Waals surface area contributed by atoms with Crippen molar-refractivity contribution in [2.24, 2.45) is 0 Å².